The molecular formula is C11H19F3N2OS. The topological polar surface area (TPSA) is 41.1 Å². The third-order valence-corrected chi connectivity index (χ3v) is 4.13. The standard InChI is InChI=1S/C11H19F3N2OS/c1-8(2)10(3-4-15-7-10)9(17)16-5-6-18-11(12,13)14/h8,15H,3-7H2,1-2H3,(H,16,17). The van der Waals surface area contributed by atoms with Crippen molar-refractivity contribution in [1.29, 1.82) is 0 Å². The summed E-state index contributed by atoms with van der Waals surface area (Å²) in [5.41, 5.74) is -4.70. The molecule has 7 heteroatoms. The number of hydrogen-bond donors (Lipinski definition) is 2. The second-order valence-electron chi connectivity index (χ2n) is 4.79. The molecule has 1 rings (SSSR count). The fraction of sp³-hybridized carbons (Fsp3) is 0.909. The molecule has 106 valence electrons. The van der Waals surface area contributed by atoms with E-state index in [9.17, 15) is 18.0 Å². The largest absolute Gasteiger partial charge is 0.441 e. The maximum atomic E-state index is 12.1. The van der Waals surface area contributed by atoms with Crippen LogP contribution in [0.4, 0.5) is 13.2 Å². The quantitative estimate of drug-likeness (QED) is 0.759. The van der Waals surface area contributed by atoms with E-state index in [0.717, 1.165) is 13.0 Å². The zero-order valence-corrected chi connectivity index (χ0v) is 11.4. The van der Waals surface area contributed by atoms with Crippen LogP contribution in [0.3, 0.4) is 0 Å². The molecule has 0 bridgehead atoms. The number of thioether (sulfide) groups is 1. The number of nitrogens with one attached hydrogen (secondary N) is 2. The van der Waals surface area contributed by atoms with Crippen LogP contribution < -0.4 is 10.6 Å². The first-order valence-electron chi connectivity index (χ1n) is 5.98. The van der Waals surface area contributed by atoms with Crippen LogP contribution in [0.15, 0.2) is 0 Å². The molecule has 18 heavy (non-hydrogen) atoms. The molecule has 0 aromatic heterocycles. The van der Waals surface area contributed by atoms with Crippen LogP contribution in [-0.4, -0.2) is 36.8 Å². The van der Waals surface area contributed by atoms with Crippen molar-refractivity contribution in [3.63, 3.8) is 0 Å². The van der Waals surface area contributed by atoms with Crippen LogP contribution in [0.5, 0.6) is 0 Å². The van der Waals surface area contributed by atoms with Crippen LogP contribution in [0.25, 0.3) is 0 Å². The first kappa shape index (κ1) is 15.6. The van der Waals surface area contributed by atoms with Crippen LogP contribution in [0, 0.1) is 11.3 Å². The zero-order chi connectivity index (χ0) is 13.8. The fourth-order valence-electron chi connectivity index (χ4n) is 2.17. The van der Waals surface area contributed by atoms with Gasteiger partial charge in [0, 0.05) is 18.8 Å². The zero-order valence-electron chi connectivity index (χ0n) is 10.6. The van der Waals surface area contributed by atoms with Gasteiger partial charge in [0.05, 0.1) is 5.41 Å². The van der Waals surface area contributed by atoms with Crippen LogP contribution in [-0.2, 0) is 4.79 Å². The van der Waals surface area contributed by atoms with Crippen molar-refractivity contribution in [2.45, 2.75) is 25.8 Å². The molecule has 1 atom stereocenters. The Morgan fingerprint density at radius 3 is 2.61 bits per heavy atom. The summed E-state index contributed by atoms with van der Waals surface area (Å²) in [4.78, 5) is 12.1. The second kappa shape index (κ2) is 6.14. The summed E-state index contributed by atoms with van der Waals surface area (Å²) >= 11 is -0.105. The average Bonchev–Trinajstić information content (AvgIpc) is 2.72. The Balaban J connectivity index is 2.39. The number of rotatable bonds is 5. The first-order chi connectivity index (χ1) is 8.28. The van der Waals surface area contributed by atoms with E-state index in [1.54, 1.807) is 0 Å². The minimum Gasteiger partial charge on any atom is -0.355 e. The van der Waals surface area contributed by atoms with Gasteiger partial charge in [0.15, 0.2) is 0 Å². The summed E-state index contributed by atoms with van der Waals surface area (Å²) < 4.78 is 35.8. The molecule has 1 saturated heterocycles. The number of carbonyl (C=O) groups is 1. The summed E-state index contributed by atoms with van der Waals surface area (Å²) in [6, 6.07) is 0. The molecule has 0 spiro atoms. The van der Waals surface area contributed by atoms with Gasteiger partial charge in [-0.15, -0.1) is 0 Å². The Morgan fingerprint density at radius 1 is 1.50 bits per heavy atom. The lowest BCUT2D eigenvalue weighted by molar-refractivity contribution is -0.132. The molecule has 0 aliphatic carbocycles. The second-order valence-corrected chi connectivity index (χ2v) is 5.95. The third-order valence-electron chi connectivity index (χ3n) is 3.40. The van der Waals surface area contributed by atoms with E-state index in [1.165, 1.54) is 0 Å². The summed E-state index contributed by atoms with van der Waals surface area (Å²) in [6.07, 6.45) is 0.739. The van der Waals surface area contributed by atoms with Crippen molar-refractivity contribution in [2.24, 2.45) is 11.3 Å². The van der Waals surface area contributed by atoms with Gasteiger partial charge in [0.1, 0.15) is 0 Å². The van der Waals surface area contributed by atoms with Gasteiger partial charge in [0.25, 0.3) is 0 Å². The average molecular weight is 284 g/mol. The SMILES string of the molecule is CC(C)C1(C(=O)NCCSC(F)(F)F)CCNC1. The fourth-order valence-corrected chi connectivity index (χ4v) is 2.60. The molecule has 0 aromatic rings. The normalized spacial score (nSPS) is 24.6. The van der Waals surface area contributed by atoms with E-state index in [1.807, 2.05) is 13.8 Å². The monoisotopic (exact) mass is 284 g/mol. The van der Waals surface area contributed by atoms with Crippen molar-refractivity contribution >= 4 is 17.7 Å². The number of alkyl halides is 3. The molecule has 1 aliphatic heterocycles. The summed E-state index contributed by atoms with van der Waals surface area (Å²) in [6.45, 7) is 5.37. The maximum absolute atomic E-state index is 12.1. The molecule has 1 aliphatic rings. The molecular weight excluding hydrogens is 265 g/mol. The Bertz CT molecular complexity index is 289. The molecule has 1 heterocycles. The van der Waals surface area contributed by atoms with Crippen molar-refractivity contribution in [3.05, 3.63) is 0 Å². The van der Waals surface area contributed by atoms with Gasteiger partial charge in [-0.3, -0.25) is 4.79 Å². The summed E-state index contributed by atoms with van der Waals surface area (Å²) in [5, 5.41) is 5.76. The van der Waals surface area contributed by atoms with Gasteiger partial charge in [-0.1, -0.05) is 13.8 Å². The molecule has 2 N–H and O–H groups in total. The molecule has 1 fully saturated rings. The van der Waals surface area contributed by atoms with E-state index in [4.69, 9.17) is 0 Å². The van der Waals surface area contributed by atoms with Gasteiger partial charge in [0.2, 0.25) is 5.91 Å². The summed E-state index contributed by atoms with van der Waals surface area (Å²) in [7, 11) is 0. The minimum absolute atomic E-state index is 0.0531. The Hall–Kier alpha value is -0.430. The van der Waals surface area contributed by atoms with E-state index >= 15 is 0 Å². The van der Waals surface area contributed by atoms with Crippen molar-refractivity contribution in [2.75, 3.05) is 25.4 Å². The van der Waals surface area contributed by atoms with Gasteiger partial charge >= 0.3 is 5.51 Å². The van der Waals surface area contributed by atoms with Crippen molar-refractivity contribution in [3.8, 4) is 0 Å². The first-order valence-corrected chi connectivity index (χ1v) is 6.96. The lowest BCUT2D eigenvalue weighted by Gasteiger charge is -2.31. The van der Waals surface area contributed by atoms with Crippen molar-refractivity contribution < 1.29 is 18.0 Å². The van der Waals surface area contributed by atoms with E-state index in [2.05, 4.69) is 10.6 Å². The predicted molar refractivity (Wildman–Crippen MR) is 66.3 cm³/mol. The van der Waals surface area contributed by atoms with Gasteiger partial charge in [-0.2, -0.15) is 13.2 Å². The summed E-state index contributed by atoms with van der Waals surface area (Å²) in [5.74, 6) is -0.107. The molecule has 1 amide bonds. The number of amides is 1. The maximum Gasteiger partial charge on any atom is 0.441 e. The smallest absolute Gasteiger partial charge is 0.355 e. The van der Waals surface area contributed by atoms with Crippen molar-refractivity contribution in [1.82, 2.24) is 10.6 Å². The lowest BCUT2D eigenvalue weighted by Crippen LogP contribution is -2.46. The Morgan fingerprint density at radius 2 is 2.17 bits per heavy atom. The van der Waals surface area contributed by atoms with Crippen LogP contribution >= 0.6 is 11.8 Å². The van der Waals surface area contributed by atoms with Gasteiger partial charge in [-0.05, 0) is 30.6 Å². The highest BCUT2D eigenvalue weighted by Crippen LogP contribution is 2.34. The highest BCUT2D eigenvalue weighted by atomic mass is 32.2. The Kier molecular flexibility index (Phi) is 5.33. The van der Waals surface area contributed by atoms with Crippen LogP contribution in [0.2, 0.25) is 0 Å². The number of hydrogen-bond acceptors (Lipinski definition) is 3. The van der Waals surface area contributed by atoms with Gasteiger partial charge < -0.3 is 10.6 Å². The molecule has 0 saturated carbocycles. The molecule has 3 nitrogen and oxygen atoms in total. The molecule has 0 aromatic carbocycles. The lowest BCUT2D eigenvalue weighted by atomic mass is 9.75. The van der Waals surface area contributed by atoms with Gasteiger partial charge in [-0.25, -0.2) is 0 Å². The highest BCUT2D eigenvalue weighted by Gasteiger charge is 2.43. The van der Waals surface area contributed by atoms with E-state index in [-0.39, 0.29) is 35.9 Å². The van der Waals surface area contributed by atoms with Crippen LogP contribution in [0.1, 0.15) is 20.3 Å². The van der Waals surface area contributed by atoms with E-state index < -0.39 is 10.9 Å². The number of halogens is 3. The van der Waals surface area contributed by atoms with E-state index in [0.29, 0.717) is 6.54 Å². The predicted octanol–water partition coefficient (Wildman–Crippen LogP) is 1.99. The molecule has 1 unspecified atom stereocenters. The molecule has 0 radical (unpaired) electrons. The highest BCUT2D eigenvalue weighted by molar-refractivity contribution is 8.00. The minimum atomic E-state index is -4.23. The number of carbonyl (C=O) groups excluding carboxylic acids is 1. The third kappa shape index (κ3) is 4.05. The Labute approximate surface area is 109 Å².